The average molecular weight is 524 g/mol. The van der Waals surface area contributed by atoms with Crippen LogP contribution in [0.4, 0.5) is 0 Å². The van der Waals surface area contributed by atoms with Gasteiger partial charge in [-0.1, -0.05) is 52.6 Å². The number of amides is 1. The van der Waals surface area contributed by atoms with Gasteiger partial charge in [-0.25, -0.2) is 15.0 Å². The number of pyridine rings is 1. The number of thioether (sulfide) groups is 1. The fourth-order valence-corrected chi connectivity index (χ4v) is 4.73. The van der Waals surface area contributed by atoms with E-state index >= 15 is 0 Å². The van der Waals surface area contributed by atoms with Crippen LogP contribution in [0.5, 0.6) is 5.88 Å². The molecule has 1 saturated heterocycles. The van der Waals surface area contributed by atoms with Crippen LogP contribution in [0.3, 0.4) is 0 Å². The van der Waals surface area contributed by atoms with E-state index < -0.39 is 0 Å². The third kappa shape index (κ3) is 5.54. The lowest BCUT2D eigenvalue weighted by atomic mass is 9.86. The Kier molecular flexibility index (Phi) is 7.64. The van der Waals surface area contributed by atoms with Crippen molar-refractivity contribution >= 4 is 52.5 Å². The number of aromatic nitrogens is 3. The van der Waals surface area contributed by atoms with Crippen LogP contribution in [0.1, 0.15) is 28.8 Å². The Bertz CT molecular complexity index is 1130. The molecule has 1 aromatic carbocycles. The fourth-order valence-electron chi connectivity index (χ4n) is 3.99. The van der Waals surface area contributed by atoms with Crippen LogP contribution in [-0.2, 0) is 0 Å². The van der Waals surface area contributed by atoms with Crippen molar-refractivity contribution in [1.29, 1.82) is 0 Å². The van der Waals surface area contributed by atoms with Gasteiger partial charge in [-0.05, 0) is 36.9 Å². The summed E-state index contributed by atoms with van der Waals surface area (Å²) in [6, 6.07) is 9.05. The third-order valence-electron chi connectivity index (χ3n) is 5.69. The zero-order valence-electron chi connectivity index (χ0n) is 17.9. The molecule has 0 radical (unpaired) electrons. The predicted octanol–water partition coefficient (Wildman–Crippen LogP) is 5.88. The molecule has 6 nitrogen and oxygen atoms in total. The van der Waals surface area contributed by atoms with Crippen molar-refractivity contribution in [3.63, 3.8) is 0 Å². The lowest BCUT2D eigenvalue weighted by Gasteiger charge is -2.25. The van der Waals surface area contributed by atoms with Crippen LogP contribution < -0.4 is 4.74 Å². The standard InChI is InChI=1S/C23H21Cl3N4O2S/c1-13(32-21-6-4-16(24)10-27-21)17-11-30(22(31)15-8-28-23(33-2)29-9-15)12-18(17)14-3-5-19(25)20(26)7-14/h3-10,13,17-18H,11-12H2,1-2H3/t13-,17+,18+/m1/s1. The Hall–Kier alpha value is -2.06. The molecule has 1 amide bonds. The molecule has 33 heavy (non-hydrogen) atoms. The van der Waals surface area contributed by atoms with Crippen molar-refractivity contribution in [3.8, 4) is 5.88 Å². The van der Waals surface area contributed by atoms with Gasteiger partial charge in [-0.2, -0.15) is 0 Å². The van der Waals surface area contributed by atoms with E-state index in [1.165, 1.54) is 11.8 Å². The maximum absolute atomic E-state index is 13.2. The molecule has 0 aliphatic carbocycles. The van der Waals surface area contributed by atoms with Crippen molar-refractivity contribution in [2.45, 2.75) is 24.1 Å². The van der Waals surface area contributed by atoms with Gasteiger partial charge in [0.15, 0.2) is 5.16 Å². The molecule has 0 N–H and O–H groups in total. The number of hydrogen-bond acceptors (Lipinski definition) is 6. The van der Waals surface area contributed by atoms with Gasteiger partial charge in [0, 0.05) is 49.6 Å². The van der Waals surface area contributed by atoms with E-state index in [9.17, 15) is 4.79 Å². The summed E-state index contributed by atoms with van der Waals surface area (Å²) in [4.78, 5) is 27.7. The molecule has 3 aromatic rings. The first-order valence-corrected chi connectivity index (χ1v) is 12.6. The maximum atomic E-state index is 13.2. The number of carbonyl (C=O) groups excluding carboxylic acids is 1. The zero-order valence-corrected chi connectivity index (χ0v) is 21.0. The SMILES string of the molecule is CSc1ncc(C(=O)N2C[C@@H]([C@@H](C)Oc3ccc(Cl)cn3)[C@H](c3ccc(Cl)c(Cl)c3)C2)cn1. The molecule has 3 heterocycles. The van der Waals surface area contributed by atoms with E-state index in [2.05, 4.69) is 15.0 Å². The highest BCUT2D eigenvalue weighted by Crippen LogP contribution is 2.38. The predicted molar refractivity (Wildman–Crippen MR) is 132 cm³/mol. The minimum atomic E-state index is -0.231. The summed E-state index contributed by atoms with van der Waals surface area (Å²) in [6.45, 7) is 2.99. The maximum Gasteiger partial charge on any atom is 0.257 e. The van der Waals surface area contributed by atoms with Gasteiger partial charge in [0.05, 0.1) is 20.6 Å². The largest absolute Gasteiger partial charge is 0.474 e. The van der Waals surface area contributed by atoms with Crippen molar-refractivity contribution < 1.29 is 9.53 Å². The van der Waals surface area contributed by atoms with Crippen molar-refractivity contribution in [3.05, 3.63) is 75.1 Å². The number of carbonyl (C=O) groups is 1. The Labute approximate surface area is 211 Å². The Morgan fingerprint density at radius 2 is 1.82 bits per heavy atom. The first-order valence-electron chi connectivity index (χ1n) is 10.2. The van der Waals surface area contributed by atoms with E-state index in [0.717, 1.165) is 5.56 Å². The summed E-state index contributed by atoms with van der Waals surface area (Å²) in [5, 5.41) is 2.13. The molecule has 1 aliphatic heterocycles. The van der Waals surface area contributed by atoms with Crippen molar-refractivity contribution in [2.75, 3.05) is 19.3 Å². The first kappa shape index (κ1) is 24.1. The fraction of sp³-hybridized carbons (Fsp3) is 0.304. The number of benzene rings is 1. The highest BCUT2D eigenvalue weighted by Gasteiger charge is 2.40. The molecule has 0 saturated carbocycles. The van der Waals surface area contributed by atoms with Gasteiger partial charge in [-0.3, -0.25) is 4.79 Å². The molecule has 2 aromatic heterocycles. The van der Waals surface area contributed by atoms with E-state index in [0.29, 0.717) is 44.8 Å². The van der Waals surface area contributed by atoms with E-state index in [-0.39, 0.29) is 23.8 Å². The van der Waals surface area contributed by atoms with Crippen LogP contribution in [0.15, 0.2) is 54.1 Å². The second-order valence-corrected chi connectivity index (χ2v) is 9.77. The lowest BCUT2D eigenvalue weighted by Crippen LogP contribution is -2.32. The smallest absolute Gasteiger partial charge is 0.257 e. The van der Waals surface area contributed by atoms with Gasteiger partial charge < -0.3 is 9.64 Å². The van der Waals surface area contributed by atoms with Crippen LogP contribution in [-0.4, -0.2) is 51.2 Å². The average Bonchev–Trinajstić information content (AvgIpc) is 3.27. The number of ether oxygens (including phenoxy) is 1. The molecule has 1 aliphatic rings. The summed E-state index contributed by atoms with van der Waals surface area (Å²) in [6.07, 6.45) is 6.34. The molecule has 4 rings (SSSR count). The number of halogens is 3. The van der Waals surface area contributed by atoms with Gasteiger partial charge in [0.1, 0.15) is 6.10 Å². The van der Waals surface area contributed by atoms with Crippen molar-refractivity contribution in [2.24, 2.45) is 5.92 Å². The molecule has 10 heteroatoms. The number of likely N-dealkylation sites (tertiary alicyclic amines) is 1. The summed E-state index contributed by atoms with van der Waals surface area (Å²) < 4.78 is 6.13. The van der Waals surface area contributed by atoms with Crippen LogP contribution in [0, 0.1) is 5.92 Å². The van der Waals surface area contributed by atoms with Gasteiger partial charge >= 0.3 is 0 Å². The molecule has 1 fully saturated rings. The topological polar surface area (TPSA) is 68.2 Å². The monoisotopic (exact) mass is 522 g/mol. The quantitative estimate of drug-likeness (QED) is 0.297. The normalized spacial score (nSPS) is 18.9. The molecular formula is C23H21Cl3N4O2S. The van der Waals surface area contributed by atoms with Gasteiger partial charge in [0.25, 0.3) is 5.91 Å². The molecule has 0 bridgehead atoms. The highest BCUT2D eigenvalue weighted by molar-refractivity contribution is 7.98. The summed E-state index contributed by atoms with van der Waals surface area (Å²) in [5.74, 6) is 0.352. The Morgan fingerprint density at radius 1 is 1.06 bits per heavy atom. The van der Waals surface area contributed by atoms with Crippen LogP contribution in [0.25, 0.3) is 0 Å². The highest BCUT2D eigenvalue weighted by atomic mass is 35.5. The van der Waals surface area contributed by atoms with Gasteiger partial charge in [0.2, 0.25) is 5.88 Å². The van der Waals surface area contributed by atoms with Crippen LogP contribution in [0.2, 0.25) is 15.1 Å². The number of rotatable bonds is 6. The minimum absolute atomic E-state index is 0.00240. The Balaban J connectivity index is 1.60. The van der Waals surface area contributed by atoms with E-state index in [1.54, 1.807) is 36.8 Å². The molecule has 0 spiro atoms. The number of hydrogen-bond donors (Lipinski definition) is 0. The van der Waals surface area contributed by atoms with Gasteiger partial charge in [-0.15, -0.1) is 0 Å². The molecule has 172 valence electrons. The summed E-state index contributed by atoms with van der Waals surface area (Å²) >= 11 is 19.8. The number of nitrogens with zero attached hydrogens (tertiary/aromatic N) is 4. The summed E-state index contributed by atoms with van der Waals surface area (Å²) in [7, 11) is 0. The lowest BCUT2D eigenvalue weighted by molar-refractivity contribution is 0.0768. The van der Waals surface area contributed by atoms with Crippen LogP contribution >= 0.6 is 46.6 Å². The Morgan fingerprint density at radius 3 is 2.45 bits per heavy atom. The zero-order chi connectivity index (χ0) is 23.5. The summed E-state index contributed by atoms with van der Waals surface area (Å²) in [5.41, 5.74) is 1.45. The molecular weight excluding hydrogens is 503 g/mol. The first-order chi connectivity index (χ1) is 15.9. The second kappa shape index (κ2) is 10.5. The second-order valence-electron chi connectivity index (χ2n) is 7.75. The minimum Gasteiger partial charge on any atom is -0.474 e. The van der Waals surface area contributed by atoms with Crippen molar-refractivity contribution in [1.82, 2.24) is 19.9 Å². The van der Waals surface area contributed by atoms with E-state index in [1.807, 2.05) is 30.2 Å². The molecule has 3 atom stereocenters. The third-order valence-corrected chi connectivity index (χ3v) is 7.23. The molecule has 0 unspecified atom stereocenters. The van der Waals surface area contributed by atoms with E-state index in [4.69, 9.17) is 39.5 Å².